The minimum absolute atomic E-state index is 0.0308. The van der Waals surface area contributed by atoms with Gasteiger partial charge in [-0.05, 0) is 62.4 Å². The van der Waals surface area contributed by atoms with Crippen molar-refractivity contribution in [1.82, 2.24) is 19.5 Å². The standard InChI is InChI=1S/C27H27ClFN5O.C2H4O2.CH4O/c1-17-8-7-9-18(2)26(17)32(3)25-16-22(19-10-11-21(29)20(28)14-19)30-24-15-23(31-34(24)25)27(35)33-12-5-4-6-13-33;1-2(3)4;1-2/h7-11,14-16H,4-6,12-13H2,1-3H3;1H3,(H,3,4);2H,1H3. The van der Waals surface area contributed by atoms with Gasteiger partial charge in [0.15, 0.2) is 11.3 Å². The molecule has 0 aliphatic carbocycles. The molecule has 0 bridgehead atoms. The Morgan fingerprint density at radius 1 is 1.00 bits per heavy atom. The Morgan fingerprint density at radius 2 is 1.61 bits per heavy atom. The van der Waals surface area contributed by atoms with Crippen LogP contribution in [0.1, 0.15) is 47.8 Å². The highest BCUT2D eigenvalue weighted by Crippen LogP contribution is 2.33. The van der Waals surface area contributed by atoms with E-state index < -0.39 is 11.8 Å². The monoisotopic (exact) mass is 583 g/mol. The SMILES string of the molecule is CC(=O)O.CO.Cc1cccc(C)c1N(C)c1cc(-c2ccc(F)c(Cl)c2)nc2cc(C(=O)N3CCCCC3)nn12. The van der Waals surface area contributed by atoms with Gasteiger partial charge >= 0.3 is 0 Å². The molecule has 41 heavy (non-hydrogen) atoms. The lowest BCUT2D eigenvalue weighted by atomic mass is 10.1. The summed E-state index contributed by atoms with van der Waals surface area (Å²) in [5.74, 6) is -0.661. The number of carboxylic acids is 1. The van der Waals surface area contributed by atoms with Crippen LogP contribution in [0.15, 0.2) is 48.5 Å². The van der Waals surface area contributed by atoms with Crippen molar-refractivity contribution in [1.29, 1.82) is 0 Å². The molecule has 1 aliphatic heterocycles. The van der Waals surface area contributed by atoms with Crippen LogP contribution in [0.4, 0.5) is 15.9 Å². The van der Waals surface area contributed by atoms with Crippen LogP contribution in [0.25, 0.3) is 16.9 Å². The summed E-state index contributed by atoms with van der Waals surface area (Å²) >= 11 is 6.07. The topological polar surface area (TPSA) is 111 Å². The second kappa shape index (κ2) is 14.0. The highest BCUT2D eigenvalue weighted by Gasteiger charge is 2.24. The van der Waals surface area contributed by atoms with Gasteiger partial charge in [0.05, 0.1) is 10.7 Å². The van der Waals surface area contributed by atoms with Crippen molar-refractivity contribution >= 4 is 40.6 Å². The number of benzene rings is 2. The first-order valence-corrected chi connectivity index (χ1v) is 13.5. The van der Waals surface area contributed by atoms with Gasteiger partial charge < -0.3 is 20.0 Å². The molecule has 1 amide bonds. The van der Waals surface area contributed by atoms with Crippen molar-refractivity contribution in [3.05, 3.63) is 76.2 Å². The maximum atomic E-state index is 13.8. The molecule has 9 nitrogen and oxygen atoms in total. The predicted octanol–water partition coefficient (Wildman–Crippen LogP) is 5.90. The molecule has 1 saturated heterocycles. The molecule has 4 aromatic rings. The van der Waals surface area contributed by atoms with Crippen molar-refractivity contribution < 1.29 is 24.2 Å². The van der Waals surface area contributed by atoms with Crippen LogP contribution in [0.3, 0.4) is 0 Å². The van der Waals surface area contributed by atoms with Gasteiger partial charge in [-0.1, -0.05) is 29.8 Å². The molecule has 218 valence electrons. The maximum Gasteiger partial charge on any atom is 0.300 e. The molecular weight excluding hydrogens is 549 g/mol. The van der Waals surface area contributed by atoms with E-state index in [1.165, 1.54) is 6.07 Å². The number of carbonyl (C=O) groups is 2. The lowest BCUT2D eigenvalue weighted by Crippen LogP contribution is -2.35. The molecule has 3 heterocycles. The summed E-state index contributed by atoms with van der Waals surface area (Å²) in [5.41, 5.74) is 5.47. The molecule has 2 aromatic heterocycles. The lowest BCUT2D eigenvalue weighted by Gasteiger charge is -2.26. The Labute approximate surface area is 243 Å². The van der Waals surface area contributed by atoms with Crippen LogP contribution in [0, 0.1) is 19.7 Å². The molecule has 0 atom stereocenters. The summed E-state index contributed by atoms with van der Waals surface area (Å²) in [7, 11) is 2.97. The highest BCUT2D eigenvalue weighted by atomic mass is 35.5. The van der Waals surface area contributed by atoms with Crippen LogP contribution in [0.2, 0.25) is 5.02 Å². The maximum absolute atomic E-state index is 13.8. The Bertz CT molecular complexity index is 1510. The number of amides is 1. The van der Waals surface area contributed by atoms with Gasteiger partial charge in [-0.3, -0.25) is 9.59 Å². The minimum atomic E-state index is -0.833. The van der Waals surface area contributed by atoms with Crippen molar-refractivity contribution in [2.24, 2.45) is 0 Å². The van der Waals surface area contributed by atoms with E-state index in [0.29, 0.717) is 22.6 Å². The third kappa shape index (κ3) is 7.39. The second-order valence-corrected chi connectivity index (χ2v) is 10.0. The summed E-state index contributed by atoms with van der Waals surface area (Å²) in [6.45, 7) is 6.70. The van der Waals surface area contributed by atoms with Gasteiger partial charge in [0, 0.05) is 57.6 Å². The summed E-state index contributed by atoms with van der Waals surface area (Å²) < 4.78 is 15.5. The molecule has 11 heteroatoms. The number of piperidine rings is 1. The zero-order valence-corrected chi connectivity index (χ0v) is 24.6. The first-order chi connectivity index (χ1) is 19.6. The quantitative estimate of drug-likeness (QED) is 0.308. The van der Waals surface area contributed by atoms with Crippen molar-refractivity contribution in [3.63, 3.8) is 0 Å². The number of aromatic nitrogens is 3. The zero-order chi connectivity index (χ0) is 30.3. The number of rotatable bonds is 4. The van der Waals surface area contributed by atoms with Gasteiger partial charge in [-0.25, -0.2) is 9.37 Å². The Morgan fingerprint density at radius 3 is 2.20 bits per heavy atom. The molecular formula is C30H35ClFN5O4. The molecule has 0 spiro atoms. The number of aryl methyl sites for hydroxylation is 2. The number of hydrogen-bond acceptors (Lipinski definition) is 6. The van der Waals surface area contributed by atoms with Crippen LogP contribution in [0.5, 0.6) is 0 Å². The Hall–Kier alpha value is -4.02. The fourth-order valence-corrected chi connectivity index (χ4v) is 4.99. The van der Waals surface area contributed by atoms with Crippen molar-refractivity contribution in [3.8, 4) is 11.3 Å². The van der Waals surface area contributed by atoms with Crippen molar-refractivity contribution in [2.75, 3.05) is 32.1 Å². The molecule has 0 saturated carbocycles. The summed E-state index contributed by atoms with van der Waals surface area (Å²) in [6, 6.07) is 14.3. The number of likely N-dealkylation sites (tertiary alicyclic amines) is 1. The van der Waals surface area contributed by atoms with E-state index in [-0.39, 0.29) is 10.9 Å². The normalized spacial score (nSPS) is 12.6. The fourth-order valence-electron chi connectivity index (χ4n) is 4.81. The van der Waals surface area contributed by atoms with Gasteiger partial charge in [0.25, 0.3) is 11.9 Å². The van der Waals surface area contributed by atoms with E-state index in [1.54, 1.807) is 22.7 Å². The molecule has 0 radical (unpaired) electrons. The number of hydrogen-bond donors (Lipinski definition) is 2. The van der Waals surface area contributed by atoms with Crippen LogP contribution in [-0.2, 0) is 4.79 Å². The van der Waals surface area contributed by atoms with Gasteiger partial charge in [-0.2, -0.15) is 9.61 Å². The average Bonchev–Trinajstić information content (AvgIpc) is 3.39. The van der Waals surface area contributed by atoms with Crippen molar-refractivity contribution in [2.45, 2.75) is 40.0 Å². The number of anilines is 2. The smallest absolute Gasteiger partial charge is 0.300 e. The summed E-state index contributed by atoms with van der Waals surface area (Å²) in [4.78, 5) is 30.9. The summed E-state index contributed by atoms with van der Waals surface area (Å²) in [6.07, 6.45) is 3.16. The number of aliphatic hydroxyl groups is 1. The predicted molar refractivity (Wildman–Crippen MR) is 159 cm³/mol. The molecule has 5 rings (SSSR count). The fraction of sp³-hybridized carbons (Fsp3) is 0.333. The largest absolute Gasteiger partial charge is 0.481 e. The number of carboxylic acid groups (broad SMARTS) is 1. The first kappa shape index (κ1) is 31.5. The molecule has 2 aromatic carbocycles. The minimum Gasteiger partial charge on any atom is -0.481 e. The average molecular weight is 584 g/mol. The number of aliphatic carboxylic acids is 1. The Balaban J connectivity index is 0.000000710. The van der Waals surface area contributed by atoms with Crippen LogP contribution in [-0.4, -0.2) is 68.8 Å². The number of halogens is 2. The molecule has 0 unspecified atom stereocenters. The highest BCUT2D eigenvalue weighted by molar-refractivity contribution is 6.31. The van der Waals surface area contributed by atoms with Gasteiger partial charge in [0.2, 0.25) is 0 Å². The molecule has 1 fully saturated rings. The molecule has 1 aliphatic rings. The number of fused-ring (bicyclic) bond motifs is 1. The number of nitrogens with zero attached hydrogens (tertiary/aromatic N) is 5. The van der Waals surface area contributed by atoms with E-state index in [1.807, 2.05) is 24.1 Å². The third-order valence-corrected chi connectivity index (χ3v) is 6.89. The lowest BCUT2D eigenvalue weighted by molar-refractivity contribution is -0.134. The van der Waals surface area contributed by atoms with E-state index in [0.717, 1.165) is 69.0 Å². The molecule has 2 N–H and O–H groups in total. The summed E-state index contributed by atoms with van der Waals surface area (Å²) in [5, 5.41) is 19.1. The van der Waals surface area contributed by atoms with Crippen LogP contribution >= 0.6 is 11.6 Å². The second-order valence-electron chi connectivity index (χ2n) is 9.60. The number of para-hydroxylation sites is 1. The third-order valence-electron chi connectivity index (χ3n) is 6.60. The number of aliphatic hydroxyl groups excluding tert-OH is 1. The number of carbonyl (C=O) groups excluding carboxylic acids is 1. The van der Waals surface area contributed by atoms with E-state index >= 15 is 0 Å². The van der Waals surface area contributed by atoms with E-state index in [9.17, 15) is 9.18 Å². The Kier molecular flexibility index (Phi) is 10.8. The van der Waals surface area contributed by atoms with E-state index in [2.05, 4.69) is 30.9 Å². The van der Waals surface area contributed by atoms with Crippen LogP contribution < -0.4 is 4.90 Å². The van der Waals surface area contributed by atoms with Gasteiger partial charge in [-0.15, -0.1) is 0 Å². The zero-order valence-electron chi connectivity index (χ0n) is 23.9. The van der Waals surface area contributed by atoms with E-state index in [4.69, 9.17) is 36.7 Å². The first-order valence-electron chi connectivity index (χ1n) is 13.2. The van der Waals surface area contributed by atoms with Gasteiger partial charge in [0.1, 0.15) is 11.6 Å².